The van der Waals surface area contributed by atoms with Crippen LogP contribution < -0.4 is 19.5 Å². The maximum atomic E-state index is 11.9. The first-order chi connectivity index (χ1) is 13.2. The van der Waals surface area contributed by atoms with Gasteiger partial charge >= 0.3 is 5.97 Å². The van der Waals surface area contributed by atoms with Crippen molar-refractivity contribution < 1.29 is 28.5 Å². The number of hydrogen-bond donors (Lipinski definition) is 1. The molecule has 27 heavy (non-hydrogen) atoms. The number of ether oxygens (including phenoxy) is 4. The van der Waals surface area contributed by atoms with Crippen LogP contribution in [0.1, 0.15) is 5.56 Å². The molecule has 1 aliphatic heterocycles. The molecule has 8 nitrogen and oxygen atoms in total. The molecule has 0 spiro atoms. The molecule has 1 N–H and O–H groups in total. The Morgan fingerprint density at radius 2 is 1.85 bits per heavy atom. The molecule has 0 unspecified atom stereocenters. The van der Waals surface area contributed by atoms with Crippen LogP contribution in [0.25, 0.3) is 0 Å². The number of nitrogens with one attached hydrogen (secondary N) is 1. The average Bonchev–Trinajstić information content (AvgIpc) is 2.70. The summed E-state index contributed by atoms with van der Waals surface area (Å²) in [6.45, 7) is 0.0546. The molecular weight excluding hydrogens is 352 g/mol. The SMILES string of the molecule is N#Cc1ccccc1OCC(=O)OCC(=O)Nc1ccc2c(c1)OCCO2. The van der Waals surface area contributed by atoms with Crippen LogP contribution in [0.3, 0.4) is 0 Å². The van der Waals surface area contributed by atoms with Crippen LogP contribution in [-0.4, -0.2) is 38.3 Å². The highest BCUT2D eigenvalue weighted by molar-refractivity contribution is 5.93. The number of benzene rings is 2. The van der Waals surface area contributed by atoms with Crippen molar-refractivity contribution in [1.29, 1.82) is 5.26 Å². The van der Waals surface area contributed by atoms with E-state index < -0.39 is 25.1 Å². The van der Waals surface area contributed by atoms with E-state index in [0.717, 1.165) is 0 Å². The number of para-hydroxylation sites is 1. The minimum atomic E-state index is -0.722. The van der Waals surface area contributed by atoms with Crippen LogP contribution in [0, 0.1) is 11.3 Å². The molecule has 0 radical (unpaired) electrons. The van der Waals surface area contributed by atoms with Crippen LogP contribution in [0.2, 0.25) is 0 Å². The lowest BCUT2D eigenvalue weighted by Gasteiger charge is -2.19. The molecule has 1 aliphatic rings. The van der Waals surface area contributed by atoms with E-state index in [1.807, 2.05) is 6.07 Å². The quantitative estimate of drug-likeness (QED) is 0.776. The summed E-state index contributed by atoms with van der Waals surface area (Å²) in [5.41, 5.74) is 0.807. The third kappa shape index (κ3) is 4.89. The molecule has 3 rings (SSSR count). The molecule has 0 saturated carbocycles. The summed E-state index contributed by atoms with van der Waals surface area (Å²) in [5.74, 6) is 0.205. The van der Waals surface area contributed by atoms with E-state index >= 15 is 0 Å². The molecule has 0 bridgehead atoms. The highest BCUT2D eigenvalue weighted by atomic mass is 16.6. The highest BCUT2D eigenvalue weighted by Gasteiger charge is 2.14. The van der Waals surface area contributed by atoms with Gasteiger partial charge in [0.2, 0.25) is 0 Å². The summed E-state index contributed by atoms with van der Waals surface area (Å²) in [5, 5.41) is 11.6. The lowest BCUT2D eigenvalue weighted by Crippen LogP contribution is -2.24. The molecule has 1 amide bonds. The van der Waals surface area contributed by atoms with E-state index in [0.29, 0.717) is 36.0 Å². The van der Waals surface area contributed by atoms with Crippen LogP contribution in [0.5, 0.6) is 17.2 Å². The zero-order valence-corrected chi connectivity index (χ0v) is 14.3. The molecule has 0 aromatic heterocycles. The minimum absolute atomic E-state index is 0.276. The van der Waals surface area contributed by atoms with Gasteiger partial charge in [-0.2, -0.15) is 5.26 Å². The second-order valence-corrected chi connectivity index (χ2v) is 5.46. The number of anilines is 1. The molecule has 8 heteroatoms. The van der Waals surface area contributed by atoms with Gasteiger partial charge in [-0.05, 0) is 24.3 Å². The van der Waals surface area contributed by atoms with Gasteiger partial charge in [0.15, 0.2) is 24.7 Å². The Bertz CT molecular complexity index is 890. The van der Waals surface area contributed by atoms with Gasteiger partial charge < -0.3 is 24.3 Å². The topological polar surface area (TPSA) is 107 Å². The predicted octanol–water partition coefficient (Wildman–Crippen LogP) is 1.89. The molecule has 0 saturated heterocycles. The fourth-order valence-corrected chi connectivity index (χ4v) is 2.33. The molecule has 2 aromatic rings. The summed E-state index contributed by atoms with van der Waals surface area (Å²) in [4.78, 5) is 23.6. The van der Waals surface area contributed by atoms with E-state index in [9.17, 15) is 9.59 Å². The van der Waals surface area contributed by atoms with Crippen molar-refractivity contribution in [3.05, 3.63) is 48.0 Å². The van der Waals surface area contributed by atoms with E-state index in [1.54, 1.807) is 42.5 Å². The number of amides is 1. The summed E-state index contributed by atoms with van der Waals surface area (Å²) in [6, 6.07) is 13.5. The molecule has 0 aliphatic carbocycles. The lowest BCUT2D eigenvalue weighted by molar-refractivity contribution is -0.149. The van der Waals surface area contributed by atoms with Crippen molar-refractivity contribution in [1.82, 2.24) is 0 Å². The Kier molecular flexibility index (Phi) is 5.74. The summed E-state index contributed by atoms with van der Waals surface area (Å²) < 4.78 is 20.9. The number of hydrogen-bond acceptors (Lipinski definition) is 7. The summed E-state index contributed by atoms with van der Waals surface area (Å²) in [6.07, 6.45) is 0. The first-order valence-electron chi connectivity index (χ1n) is 8.13. The monoisotopic (exact) mass is 368 g/mol. The largest absolute Gasteiger partial charge is 0.486 e. The predicted molar refractivity (Wildman–Crippen MR) is 93.7 cm³/mol. The van der Waals surface area contributed by atoms with Crippen molar-refractivity contribution in [3.8, 4) is 23.3 Å². The Balaban J connectivity index is 1.45. The number of carbonyl (C=O) groups is 2. The molecule has 0 atom stereocenters. The first kappa shape index (κ1) is 18.1. The van der Waals surface area contributed by atoms with Crippen molar-refractivity contribution in [2.45, 2.75) is 0 Å². The Labute approximate surface area is 155 Å². The normalized spacial score (nSPS) is 11.8. The molecular formula is C19H16N2O6. The van der Waals surface area contributed by atoms with E-state index in [2.05, 4.69) is 5.32 Å². The van der Waals surface area contributed by atoms with Crippen LogP contribution in [0.4, 0.5) is 5.69 Å². The van der Waals surface area contributed by atoms with Gasteiger partial charge in [-0.3, -0.25) is 4.79 Å². The maximum absolute atomic E-state index is 11.9. The smallest absolute Gasteiger partial charge is 0.344 e. The molecule has 138 valence electrons. The number of nitrogens with zero attached hydrogens (tertiary/aromatic N) is 1. The third-order valence-corrected chi connectivity index (χ3v) is 3.54. The van der Waals surface area contributed by atoms with Crippen molar-refractivity contribution >= 4 is 17.6 Å². The van der Waals surface area contributed by atoms with Gasteiger partial charge in [-0.15, -0.1) is 0 Å². The van der Waals surface area contributed by atoms with Gasteiger partial charge in [0.05, 0.1) is 5.56 Å². The first-order valence-corrected chi connectivity index (χ1v) is 8.13. The lowest BCUT2D eigenvalue weighted by atomic mass is 10.2. The highest BCUT2D eigenvalue weighted by Crippen LogP contribution is 2.32. The van der Waals surface area contributed by atoms with Crippen LogP contribution >= 0.6 is 0 Å². The van der Waals surface area contributed by atoms with Crippen LogP contribution in [0.15, 0.2) is 42.5 Å². The second-order valence-electron chi connectivity index (χ2n) is 5.46. The van der Waals surface area contributed by atoms with Crippen molar-refractivity contribution in [3.63, 3.8) is 0 Å². The zero-order valence-electron chi connectivity index (χ0n) is 14.3. The third-order valence-electron chi connectivity index (χ3n) is 3.54. The molecule has 0 fully saturated rings. The van der Waals surface area contributed by atoms with Crippen molar-refractivity contribution in [2.24, 2.45) is 0 Å². The van der Waals surface area contributed by atoms with Gasteiger partial charge in [-0.1, -0.05) is 12.1 Å². The molecule has 1 heterocycles. The van der Waals surface area contributed by atoms with Crippen LogP contribution in [-0.2, 0) is 14.3 Å². The van der Waals surface area contributed by atoms with E-state index in [-0.39, 0.29) is 5.75 Å². The fraction of sp³-hybridized carbons (Fsp3) is 0.211. The van der Waals surface area contributed by atoms with Gasteiger partial charge in [-0.25, -0.2) is 4.79 Å². The Hall–Kier alpha value is -3.73. The van der Waals surface area contributed by atoms with Gasteiger partial charge in [0.1, 0.15) is 25.0 Å². The second kappa shape index (κ2) is 8.58. The van der Waals surface area contributed by atoms with Gasteiger partial charge in [0, 0.05) is 11.8 Å². The zero-order chi connectivity index (χ0) is 19.1. The summed E-state index contributed by atoms with van der Waals surface area (Å²) >= 11 is 0. The summed E-state index contributed by atoms with van der Waals surface area (Å²) in [7, 11) is 0. The maximum Gasteiger partial charge on any atom is 0.344 e. The fourth-order valence-electron chi connectivity index (χ4n) is 2.33. The Morgan fingerprint density at radius 3 is 2.67 bits per heavy atom. The number of carbonyl (C=O) groups excluding carboxylic acids is 2. The van der Waals surface area contributed by atoms with E-state index in [1.165, 1.54) is 0 Å². The van der Waals surface area contributed by atoms with E-state index in [4.69, 9.17) is 24.2 Å². The number of fused-ring (bicyclic) bond motifs is 1. The number of rotatable bonds is 6. The minimum Gasteiger partial charge on any atom is -0.486 e. The molecule has 2 aromatic carbocycles. The van der Waals surface area contributed by atoms with Gasteiger partial charge in [0.25, 0.3) is 5.91 Å². The standard InChI is InChI=1S/C19H16N2O6/c20-10-13-3-1-2-4-15(13)26-12-19(23)27-11-18(22)21-14-5-6-16-17(9-14)25-8-7-24-16/h1-6,9H,7-8,11-12H2,(H,21,22). The number of esters is 1. The number of nitriles is 1. The Morgan fingerprint density at radius 1 is 1.07 bits per heavy atom. The average molecular weight is 368 g/mol. The van der Waals surface area contributed by atoms with Crippen molar-refractivity contribution in [2.75, 3.05) is 31.7 Å².